The largest absolute Gasteiger partial charge is 0.495 e. The van der Waals surface area contributed by atoms with Gasteiger partial charge in [-0.15, -0.1) is 0 Å². The second-order valence-corrected chi connectivity index (χ2v) is 6.40. The predicted octanol–water partition coefficient (Wildman–Crippen LogP) is 3.79. The van der Waals surface area contributed by atoms with Gasteiger partial charge in [0.05, 0.1) is 19.2 Å². The summed E-state index contributed by atoms with van der Waals surface area (Å²) in [5, 5.41) is 3.05. The van der Waals surface area contributed by atoms with E-state index in [-0.39, 0.29) is 6.54 Å². The molecule has 0 fully saturated rings. The topological polar surface area (TPSA) is 67.9 Å². The first-order valence-corrected chi connectivity index (χ1v) is 8.59. The quantitative estimate of drug-likeness (QED) is 0.862. The number of ether oxygens (including phenoxy) is 2. The molecule has 0 saturated heterocycles. The molecule has 0 bridgehead atoms. The number of hydrogen-bond donors (Lipinski definition) is 1. The number of fused-ring (bicyclic) bond motifs is 1. The Morgan fingerprint density at radius 2 is 2.00 bits per heavy atom. The van der Waals surface area contributed by atoms with Gasteiger partial charge in [0, 0.05) is 12.2 Å². The number of benzene rings is 2. The van der Waals surface area contributed by atoms with E-state index >= 15 is 0 Å². The maximum Gasteiger partial charge on any atom is 0.410 e. The van der Waals surface area contributed by atoms with Gasteiger partial charge in [-0.3, -0.25) is 9.69 Å². The van der Waals surface area contributed by atoms with Crippen LogP contribution in [0, 0.1) is 5.82 Å². The third-order valence-corrected chi connectivity index (χ3v) is 4.71. The summed E-state index contributed by atoms with van der Waals surface area (Å²) in [5.41, 5.74) is 1.67. The molecule has 2 amide bonds. The molecule has 27 heavy (non-hydrogen) atoms. The molecule has 142 valence electrons. The van der Waals surface area contributed by atoms with Crippen molar-refractivity contribution in [3.63, 3.8) is 0 Å². The number of halogens is 2. The van der Waals surface area contributed by atoms with Crippen molar-refractivity contribution in [2.24, 2.45) is 0 Å². The Hall–Kier alpha value is -2.80. The van der Waals surface area contributed by atoms with Crippen molar-refractivity contribution in [2.75, 3.05) is 26.1 Å². The van der Waals surface area contributed by atoms with Crippen molar-refractivity contribution in [1.29, 1.82) is 0 Å². The predicted molar refractivity (Wildman–Crippen MR) is 98.6 cm³/mol. The van der Waals surface area contributed by atoms with Crippen LogP contribution in [0.15, 0.2) is 36.4 Å². The minimum atomic E-state index is -1.02. The molecule has 3 rings (SSSR count). The van der Waals surface area contributed by atoms with Gasteiger partial charge in [0.25, 0.3) is 5.91 Å². The third kappa shape index (κ3) is 3.83. The summed E-state index contributed by atoms with van der Waals surface area (Å²) in [6.45, 7) is 0.284. The molecule has 1 heterocycles. The molecule has 0 aliphatic carbocycles. The summed E-state index contributed by atoms with van der Waals surface area (Å²) in [4.78, 5) is 26.4. The van der Waals surface area contributed by atoms with Crippen LogP contribution in [0.5, 0.6) is 5.75 Å². The number of hydrogen-bond acceptors (Lipinski definition) is 4. The summed E-state index contributed by atoms with van der Waals surface area (Å²) in [6.07, 6.45) is -0.152. The van der Waals surface area contributed by atoms with E-state index < -0.39 is 23.9 Å². The molecular weight excluding hydrogens is 375 g/mol. The van der Waals surface area contributed by atoms with E-state index in [9.17, 15) is 14.0 Å². The normalized spacial score (nSPS) is 15.7. The first-order chi connectivity index (χ1) is 12.9. The van der Waals surface area contributed by atoms with Gasteiger partial charge in [0.1, 0.15) is 17.6 Å². The molecule has 1 N–H and O–H groups in total. The average Bonchev–Trinajstić information content (AvgIpc) is 2.66. The summed E-state index contributed by atoms with van der Waals surface area (Å²) in [5.74, 6) is -0.505. The van der Waals surface area contributed by atoms with Crippen molar-refractivity contribution in [3.05, 3.63) is 58.4 Å². The lowest BCUT2D eigenvalue weighted by molar-refractivity contribution is -0.121. The summed E-state index contributed by atoms with van der Waals surface area (Å²) in [7, 11) is 2.73. The van der Waals surface area contributed by atoms with Crippen LogP contribution in [0.25, 0.3) is 0 Å². The number of carbonyl (C=O) groups is 2. The Morgan fingerprint density at radius 3 is 2.67 bits per heavy atom. The van der Waals surface area contributed by atoms with Gasteiger partial charge < -0.3 is 14.8 Å². The maximum atomic E-state index is 13.8. The lowest BCUT2D eigenvalue weighted by atomic mass is 9.92. The summed E-state index contributed by atoms with van der Waals surface area (Å²) >= 11 is 6.09. The molecule has 0 spiro atoms. The first-order valence-electron chi connectivity index (χ1n) is 8.22. The zero-order chi connectivity index (χ0) is 19.6. The first kappa shape index (κ1) is 19.0. The smallest absolute Gasteiger partial charge is 0.410 e. The minimum absolute atomic E-state index is 0.284. The Bertz CT molecular complexity index is 890. The van der Waals surface area contributed by atoms with E-state index in [1.807, 2.05) is 0 Å². The van der Waals surface area contributed by atoms with Crippen LogP contribution >= 0.6 is 11.6 Å². The van der Waals surface area contributed by atoms with Crippen LogP contribution in [-0.4, -0.2) is 37.7 Å². The maximum absolute atomic E-state index is 13.8. The van der Waals surface area contributed by atoms with Gasteiger partial charge in [-0.1, -0.05) is 17.7 Å². The van der Waals surface area contributed by atoms with E-state index in [0.29, 0.717) is 28.4 Å². The SMILES string of the molecule is COC(=O)N1CCc2ccc(F)cc2[C@@H]1C(=O)Nc1ccc(OC)c(Cl)c1. The van der Waals surface area contributed by atoms with E-state index in [4.69, 9.17) is 21.1 Å². The highest BCUT2D eigenvalue weighted by Crippen LogP contribution is 2.33. The number of rotatable bonds is 3. The van der Waals surface area contributed by atoms with Crippen molar-refractivity contribution >= 4 is 29.3 Å². The molecule has 2 aromatic rings. The standard InChI is InChI=1S/C19H18ClFN2O4/c1-26-16-6-5-13(10-15(16)20)22-18(24)17-14-9-12(21)4-3-11(14)7-8-23(17)19(25)27-2/h3-6,9-10,17H,7-8H2,1-2H3,(H,22,24)/t17-/m1/s1. The van der Waals surface area contributed by atoms with Crippen molar-refractivity contribution in [1.82, 2.24) is 4.90 Å². The summed E-state index contributed by atoms with van der Waals surface area (Å²) in [6, 6.07) is 8.00. The number of amides is 2. The zero-order valence-corrected chi connectivity index (χ0v) is 15.5. The monoisotopic (exact) mass is 392 g/mol. The van der Waals surface area contributed by atoms with Crippen LogP contribution in [-0.2, 0) is 16.0 Å². The Morgan fingerprint density at radius 1 is 1.22 bits per heavy atom. The van der Waals surface area contributed by atoms with Crippen LogP contribution in [0.4, 0.5) is 14.9 Å². The fourth-order valence-electron chi connectivity index (χ4n) is 3.14. The number of nitrogens with zero attached hydrogens (tertiary/aromatic N) is 1. The average molecular weight is 393 g/mol. The molecule has 1 aliphatic heterocycles. The van der Waals surface area contributed by atoms with E-state index in [1.165, 1.54) is 37.3 Å². The molecule has 8 heteroatoms. The van der Waals surface area contributed by atoms with E-state index in [1.54, 1.807) is 18.2 Å². The van der Waals surface area contributed by atoms with Crippen molar-refractivity contribution in [3.8, 4) is 5.75 Å². The second kappa shape index (κ2) is 7.84. The number of anilines is 1. The molecule has 6 nitrogen and oxygen atoms in total. The van der Waals surface area contributed by atoms with Gasteiger partial charge in [0.2, 0.25) is 0 Å². The zero-order valence-electron chi connectivity index (χ0n) is 14.8. The van der Waals surface area contributed by atoms with E-state index in [2.05, 4.69) is 5.32 Å². The van der Waals surface area contributed by atoms with Gasteiger partial charge >= 0.3 is 6.09 Å². The van der Waals surface area contributed by atoms with Crippen LogP contribution in [0.3, 0.4) is 0 Å². The molecular formula is C19H18ClFN2O4. The lowest BCUT2D eigenvalue weighted by Gasteiger charge is -2.35. The fraction of sp³-hybridized carbons (Fsp3) is 0.263. The van der Waals surface area contributed by atoms with Crippen molar-refractivity contribution < 1.29 is 23.5 Å². The minimum Gasteiger partial charge on any atom is -0.495 e. The van der Waals surface area contributed by atoms with Crippen molar-refractivity contribution in [2.45, 2.75) is 12.5 Å². The molecule has 1 atom stereocenters. The van der Waals surface area contributed by atoms with Crippen LogP contribution in [0.2, 0.25) is 5.02 Å². The van der Waals surface area contributed by atoms with E-state index in [0.717, 1.165) is 5.56 Å². The van der Waals surface area contributed by atoms with Crippen LogP contribution in [0.1, 0.15) is 17.2 Å². The molecule has 0 aromatic heterocycles. The molecule has 0 saturated carbocycles. The second-order valence-electron chi connectivity index (χ2n) is 6.00. The summed E-state index contributed by atoms with van der Waals surface area (Å²) < 4.78 is 23.7. The Balaban J connectivity index is 1.95. The molecule has 2 aromatic carbocycles. The lowest BCUT2D eigenvalue weighted by Crippen LogP contribution is -2.45. The highest BCUT2D eigenvalue weighted by Gasteiger charge is 2.37. The Kier molecular flexibility index (Phi) is 5.51. The third-order valence-electron chi connectivity index (χ3n) is 4.41. The Labute approximate surface area is 160 Å². The molecule has 1 aliphatic rings. The number of carbonyl (C=O) groups excluding carboxylic acids is 2. The number of methoxy groups -OCH3 is 2. The fourth-order valence-corrected chi connectivity index (χ4v) is 3.40. The van der Waals surface area contributed by atoms with Crippen LogP contribution < -0.4 is 10.1 Å². The van der Waals surface area contributed by atoms with Gasteiger partial charge in [-0.05, 0) is 47.9 Å². The van der Waals surface area contributed by atoms with Gasteiger partial charge in [-0.2, -0.15) is 0 Å². The van der Waals surface area contributed by atoms with Gasteiger partial charge in [-0.25, -0.2) is 9.18 Å². The highest BCUT2D eigenvalue weighted by molar-refractivity contribution is 6.32. The molecule has 0 radical (unpaired) electrons. The molecule has 0 unspecified atom stereocenters. The van der Waals surface area contributed by atoms with Gasteiger partial charge in [0.15, 0.2) is 0 Å². The highest BCUT2D eigenvalue weighted by atomic mass is 35.5. The number of nitrogens with one attached hydrogen (secondary N) is 1.